The summed E-state index contributed by atoms with van der Waals surface area (Å²) < 4.78 is 5.14. The molecule has 0 spiro atoms. The van der Waals surface area contributed by atoms with Crippen molar-refractivity contribution in [3.8, 4) is 16.9 Å². The summed E-state index contributed by atoms with van der Waals surface area (Å²) in [4.78, 5) is 15.0. The second kappa shape index (κ2) is 4.78. The largest absolute Gasteiger partial charge is 0.495 e. The fourth-order valence-corrected chi connectivity index (χ4v) is 1.77. The summed E-state index contributed by atoms with van der Waals surface area (Å²) in [5.41, 5.74) is 3.61. The molecular weight excluding hydrogens is 214 g/mol. The van der Waals surface area contributed by atoms with Crippen molar-refractivity contribution in [2.24, 2.45) is 0 Å². The van der Waals surface area contributed by atoms with E-state index < -0.39 is 0 Å². The number of benzene rings is 1. The number of carbonyl (C=O) groups is 1. The smallest absolute Gasteiger partial charge is 0.150 e. The molecule has 0 saturated heterocycles. The maximum atomic E-state index is 10.9. The zero-order valence-electron chi connectivity index (χ0n) is 9.81. The molecule has 86 valence electrons. The van der Waals surface area contributed by atoms with Gasteiger partial charge in [-0.1, -0.05) is 18.2 Å². The van der Waals surface area contributed by atoms with Gasteiger partial charge in [0, 0.05) is 17.3 Å². The number of aromatic nitrogens is 1. The summed E-state index contributed by atoms with van der Waals surface area (Å²) in [6.45, 7) is 1.93. The maximum Gasteiger partial charge on any atom is 0.150 e. The predicted octanol–water partition coefficient (Wildman–Crippen LogP) is 2.88. The van der Waals surface area contributed by atoms with E-state index in [1.54, 1.807) is 25.6 Å². The average molecular weight is 227 g/mol. The van der Waals surface area contributed by atoms with Gasteiger partial charge < -0.3 is 4.74 Å². The quantitative estimate of drug-likeness (QED) is 0.757. The number of aldehydes is 1. The van der Waals surface area contributed by atoms with Crippen LogP contribution in [0.5, 0.6) is 5.75 Å². The lowest BCUT2D eigenvalue weighted by Gasteiger charge is -2.08. The van der Waals surface area contributed by atoms with Gasteiger partial charge >= 0.3 is 0 Å². The first-order valence-electron chi connectivity index (χ1n) is 5.30. The highest BCUT2D eigenvalue weighted by Crippen LogP contribution is 2.26. The van der Waals surface area contributed by atoms with E-state index in [4.69, 9.17) is 4.74 Å². The van der Waals surface area contributed by atoms with Gasteiger partial charge in [0.25, 0.3) is 0 Å². The summed E-state index contributed by atoms with van der Waals surface area (Å²) in [5.74, 6) is 0.707. The molecular formula is C14H13NO2. The Balaban J connectivity index is 2.56. The van der Waals surface area contributed by atoms with E-state index in [0.717, 1.165) is 23.0 Å². The van der Waals surface area contributed by atoms with Crippen molar-refractivity contribution in [3.05, 3.63) is 47.8 Å². The second-order valence-corrected chi connectivity index (χ2v) is 3.75. The molecule has 0 aliphatic rings. The van der Waals surface area contributed by atoms with Gasteiger partial charge in [-0.05, 0) is 24.1 Å². The van der Waals surface area contributed by atoms with Gasteiger partial charge in [-0.2, -0.15) is 0 Å². The number of rotatable bonds is 3. The van der Waals surface area contributed by atoms with E-state index >= 15 is 0 Å². The topological polar surface area (TPSA) is 39.2 Å². The van der Waals surface area contributed by atoms with E-state index in [-0.39, 0.29) is 0 Å². The molecule has 2 aromatic rings. The third kappa shape index (κ3) is 2.18. The van der Waals surface area contributed by atoms with E-state index in [1.807, 2.05) is 25.1 Å². The fourth-order valence-electron chi connectivity index (χ4n) is 1.77. The number of hydrogen-bond donors (Lipinski definition) is 0. The van der Waals surface area contributed by atoms with Crippen LogP contribution in [0.2, 0.25) is 0 Å². The van der Waals surface area contributed by atoms with Crippen LogP contribution in [0.25, 0.3) is 11.1 Å². The Labute approximate surface area is 100 Å². The van der Waals surface area contributed by atoms with Gasteiger partial charge in [0.1, 0.15) is 12.0 Å². The van der Waals surface area contributed by atoms with E-state index in [1.165, 1.54) is 0 Å². The van der Waals surface area contributed by atoms with Crippen molar-refractivity contribution >= 4 is 6.29 Å². The molecule has 0 N–H and O–H groups in total. The van der Waals surface area contributed by atoms with Crippen molar-refractivity contribution in [2.75, 3.05) is 7.11 Å². The van der Waals surface area contributed by atoms with Gasteiger partial charge in [-0.3, -0.25) is 9.78 Å². The Bertz CT molecular complexity index is 550. The van der Waals surface area contributed by atoms with Gasteiger partial charge in [0.2, 0.25) is 0 Å². The molecule has 0 amide bonds. The Morgan fingerprint density at radius 1 is 1.29 bits per heavy atom. The highest BCUT2D eigenvalue weighted by Gasteiger charge is 2.06. The standard InChI is InChI=1S/C14H13NO2/c1-10-11(9-16)4-3-5-14(10)12-6-13(17-2)8-15-7-12/h3-9H,1-2H3. The first-order valence-corrected chi connectivity index (χ1v) is 5.30. The molecule has 3 nitrogen and oxygen atoms in total. The van der Waals surface area contributed by atoms with Crippen molar-refractivity contribution in [3.63, 3.8) is 0 Å². The lowest BCUT2D eigenvalue weighted by molar-refractivity contribution is 0.112. The average Bonchev–Trinajstić information content (AvgIpc) is 2.39. The Morgan fingerprint density at radius 2 is 2.12 bits per heavy atom. The molecule has 0 fully saturated rings. The molecule has 1 heterocycles. The molecule has 0 atom stereocenters. The highest BCUT2D eigenvalue weighted by molar-refractivity contribution is 5.82. The van der Waals surface area contributed by atoms with Crippen LogP contribution in [0, 0.1) is 6.92 Å². The number of ether oxygens (including phenoxy) is 1. The third-order valence-corrected chi connectivity index (χ3v) is 2.76. The van der Waals surface area contributed by atoms with Gasteiger partial charge in [0.15, 0.2) is 0 Å². The number of nitrogens with zero attached hydrogens (tertiary/aromatic N) is 1. The number of hydrogen-bond acceptors (Lipinski definition) is 3. The van der Waals surface area contributed by atoms with Crippen LogP contribution in [0.1, 0.15) is 15.9 Å². The van der Waals surface area contributed by atoms with Crippen molar-refractivity contribution < 1.29 is 9.53 Å². The molecule has 0 unspecified atom stereocenters. The molecule has 0 saturated carbocycles. The Kier molecular flexibility index (Phi) is 3.19. The van der Waals surface area contributed by atoms with E-state index in [0.29, 0.717) is 11.3 Å². The normalized spacial score (nSPS) is 10.0. The van der Waals surface area contributed by atoms with Gasteiger partial charge in [-0.25, -0.2) is 0 Å². The summed E-state index contributed by atoms with van der Waals surface area (Å²) in [7, 11) is 1.61. The van der Waals surface area contributed by atoms with Crippen molar-refractivity contribution in [1.29, 1.82) is 0 Å². The molecule has 2 rings (SSSR count). The summed E-state index contributed by atoms with van der Waals surface area (Å²) in [6.07, 6.45) is 4.29. The van der Waals surface area contributed by atoms with E-state index in [9.17, 15) is 4.79 Å². The minimum atomic E-state index is 0.699. The molecule has 0 aliphatic carbocycles. The zero-order valence-corrected chi connectivity index (χ0v) is 9.81. The molecule has 17 heavy (non-hydrogen) atoms. The zero-order chi connectivity index (χ0) is 12.3. The molecule has 3 heteroatoms. The van der Waals surface area contributed by atoms with Crippen LogP contribution in [0.15, 0.2) is 36.7 Å². The van der Waals surface area contributed by atoms with Gasteiger partial charge in [0.05, 0.1) is 13.3 Å². The second-order valence-electron chi connectivity index (χ2n) is 3.75. The van der Waals surface area contributed by atoms with Crippen molar-refractivity contribution in [1.82, 2.24) is 4.98 Å². The summed E-state index contributed by atoms with van der Waals surface area (Å²) in [6, 6.07) is 7.55. The van der Waals surface area contributed by atoms with Crippen LogP contribution in [0.4, 0.5) is 0 Å². The number of pyridine rings is 1. The molecule has 1 aromatic heterocycles. The number of methoxy groups -OCH3 is 1. The lowest BCUT2D eigenvalue weighted by atomic mass is 9.98. The van der Waals surface area contributed by atoms with Gasteiger partial charge in [-0.15, -0.1) is 0 Å². The third-order valence-electron chi connectivity index (χ3n) is 2.76. The van der Waals surface area contributed by atoms with Crippen LogP contribution in [0.3, 0.4) is 0 Å². The molecule has 0 bridgehead atoms. The maximum absolute atomic E-state index is 10.9. The molecule has 0 radical (unpaired) electrons. The molecule has 1 aromatic carbocycles. The van der Waals surface area contributed by atoms with Crippen LogP contribution < -0.4 is 4.74 Å². The fraction of sp³-hybridized carbons (Fsp3) is 0.143. The lowest BCUT2D eigenvalue weighted by Crippen LogP contribution is -1.92. The monoisotopic (exact) mass is 227 g/mol. The van der Waals surface area contributed by atoms with Crippen LogP contribution >= 0.6 is 0 Å². The minimum absolute atomic E-state index is 0.699. The minimum Gasteiger partial charge on any atom is -0.495 e. The summed E-state index contributed by atoms with van der Waals surface area (Å²) >= 11 is 0. The first kappa shape index (κ1) is 11.3. The number of carbonyl (C=O) groups excluding carboxylic acids is 1. The van der Waals surface area contributed by atoms with Crippen LogP contribution in [-0.4, -0.2) is 18.4 Å². The predicted molar refractivity (Wildman–Crippen MR) is 66.3 cm³/mol. The van der Waals surface area contributed by atoms with Crippen LogP contribution in [-0.2, 0) is 0 Å². The van der Waals surface area contributed by atoms with E-state index in [2.05, 4.69) is 4.98 Å². The molecule has 0 aliphatic heterocycles. The Hall–Kier alpha value is -2.16. The highest BCUT2D eigenvalue weighted by atomic mass is 16.5. The SMILES string of the molecule is COc1cncc(-c2cccc(C=O)c2C)c1. The first-order chi connectivity index (χ1) is 8.26. The Morgan fingerprint density at radius 3 is 2.82 bits per heavy atom. The van der Waals surface area contributed by atoms with Crippen molar-refractivity contribution in [2.45, 2.75) is 6.92 Å². The summed E-state index contributed by atoms with van der Waals surface area (Å²) in [5, 5.41) is 0.